The molecule has 8 nitrogen and oxygen atoms in total. The van der Waals surface area contributed by atoms with E-state index in [2.05, 4.69) is 5.32 Å². The Balaban J connectivity index is 1.37. The highest BCUT2D eigenvalue weighted by Gasteiger charge is 2.19. The molecule has 5 aromatic rings. The van der Waals surface area contributed by atoms with Gasteiger partial charge >= 0.3 is 0 Å². The number of benzene rings is 3. The highest BCUT2D eigenvalue weighted by Crippen LogP contribution is 2.39. The number of anilines is 1. The Labute approximate surface area is 194 Å². The second-order valence-electron chi connectivity index (χ2n) is 7.34. The average molecular weight is 459 g/mol. The lowest BCUT2D eigenvalue weighted by Crippen LogP contribution is -2.13. The lowest BCUT2D eigenvalue weighted by molar-refractivity contribution is 0.0991. The van der Waals surface area contributed by atoms with Gasteiger partial charge in [0, 0.05) is 29.0 Å². The van der Waals surface area contributed by atoms with Crippen molar-refractivity contribution in [1.82, 2.24) is 0 Å². The quantitative estimate of drug-likeness (QED) is 0.307. The van der Waals surface area contributed by atoms with Crippen molar-refractivity contribution in [2.75, 3.05) is 26.6 Å². The Kier molecular flexibility index (Phi) is 5.47. The second-order valence-corrected chi connectivity index (χ2v) is 7.34. The molecule has 1 N–H and O–H groups in total. The first-order valence-corrected chi connectivity index (χ1v) is 10.4. The van der Waals surface area contributed by atoms with Gasteiger partial charge in [-0.05, 0) is 30.3 Å². The second kappa shape index (κ2) is 8.74. The van der Waals surface area contributed by atoms with Crippen LogP contribution >= 0.6 is 0 Å². The van der Waals surface area contributed by atoms with Crippen molar-refractivity contribution in [2.45, 2.75) is 0 Å². The summed E-state index contributed by atoms with van der Waals surface area (Å²) in [4.78, 5) is 12.8. The number of carbonyl (C=O) groups excluding carboxylic acids is 1. The number of hydrogen-bond acceptors (Lipinski definition) is 7. The molecule has 2 heterocycles. The van der Waals surface area contributed by atoms with Crippen molar-refractivity contribution in [3.8, 4) is 28.9 Å². The van der Waals surface area contributed by atoms with Crippen molar-refractivity contribution in [1.29, 1.82) is 0 Å². The van der Waals surface area contributed by atoms with Gasteiger partial charge in [0.25, 0.3) is 11.9 Å². The predicted octanol–water partition coefficient (Wildman–Crippen LogP) is 6.25. The maximum Gasteiger partial charge on any atom is 0.291 e. The Morgan fingerprint density at radius 1 is 0.735 bits per heavy atom. The Bertz CT molecular complexity index is 1470. The summed E-state index contributed by atoms with van der Waals surface area (Å²) in [7, 11) is 4.51. The first-order chi connectivity index (χ1) is 16.6. The molecule has 5 rings (SSSR count). The van der Waals surface area contributed by atoms with Crippen molar-refractivity contribution < 1.29 is 32.6 Å². The van der Waals surface area contributed by atoms with Gasteiger partial charge in [-0.15, -0.1) is 0 Å². The predicted molar refractivity (Wildman–Crippen MR) is 127 cm³/mol. The van der Waals surface area contributed by atoms with Gasteiger partial charge in [-0.25, -0.2) is 0 Å². The third kappa shape index (κ3) is 3.86. The molecule has 0 radical (unpaired) electrons. The van der Waals surface area contributed by atoms with Gasteiger partial charge in [0.15, 0.2) is 5.76 Å². The highest BCUT2D eigenvalue weighted by atomic mass is 16.6. The number of methoxy groups -OCH3 is 3. The van der Waals surface area contributed by atoms with Crippen LogP contribution in [0.1, 0.15) is 10.6 Å². The van der Waals surface area contributed by atoms with E-state index < -0.39 is 5.91 Å². The van der Waals surface area contributed by atoms with Crippen LogP contribution < -0.4 is 24.3 Å². The molecule has 0 fully saturated rings. The number of carbonyl (C=O) groups is 1. The van der Waals surface area contributed by atoms with Crippen LogP contribution in [0, 0.1) is 0 Å². The first kappa shape index (κ1) is 21.3. The molecule has 34 heavy (non-hydrogen) atoms. The molecule has 1 amide bonds. The van der Waals surface area contributed by atoms with Gasteiger partial charge < -0.3 is 33.1 Å². The summed E-state index contributed by atoms with van der Waals surface area (Å²) in [6, 6.07) is 19.7. The van der Waals surface area contributed by atoms with Crippen LogP contribution in [0.3, 0.4) is 0 Å². The number of furan rings is 2. The summed E-state index contributed by atoms with van der Waals surface area (Å²) in [5.74, 6) is 1.59. The summed E-state index contributed by atoms with van der Waals surface area (Å²) in [5.41, 5.74) is 1.92. The number of para-hydroxylation sites is 1. The average Bonchev–Trinajstić information content (AvgIpc) is 3.48. The van der Waals surface area contributed by atoms with Crippen LogP contribution in [0.2, 0.25) is 0 Å². The Hall–Kier alpha value is -4.59. The van der Waals surface area contributed by atoms with E-state index in [9.17, 15) is 4.79 Å². The highest BCUT2D eigenvalue weighted by molar-refractivity contribution is 6.05. The zero-order chi connectivity index (χ0) is 23.7. The fraction of sp³-hybridized carbons (Fsp3) is 0.115. The van der Waals surface area contributed by atoms with Crippen LogP contribution in [0.25, 0.3) is 21.9 Å². The van der Waals surface area contributed by atoms with E-state index in [1.54, 1.807) is 24.3 Å². The number of hydrogen-bond donors (Lipinski definition) is 1. The minimum atomic E-state index is -0.493. The van der Waals surface area contributed by atoms with Crippen molar-refractivity contribution in [3.63, 3.8) is 0 Å². The molecule has 0 atom stereocenters. The third-order valence-electron chi connectivity index (χ3n) is 5.33. The maximum absolute atomic E-state index is 12.8. The van der Waals surface area contributed by atoms with E-state index in [1.807, 2.05) is 36.4 Å². The topological polar surface area (TPSA) is 92.3 Å². The van der Waals surface area contributed by atoms with E-state index in [4.69, 9.17) is 27.8 Å². The summed E-state index contributed by atoms with van der Waals surface area (Å²) in [6.07, 6.45) is 0. The smallest absolute Gasteiger partial charge is 0.291 e. The molecule has 3 aromatic carbocycles. The lowest BCUT2D eigenvalue weighted by Gasteiger charge is -2.15. The minimum Gasteiger partial charge on any atom is -0.496 e. The van der Waals surface area contributed by atoms with Crippen LogP contribution in [0.5, 0.6) is 28.9 Å². The molecule has 172 valence electrons. The molecule has 0 aliphatic rings. The third-order valence-corrected chi connectivity index (χ3v) is 5.33. The molecule has 8 heteroatoms. The number of amides is 1. The summed E-state index contributed by atoms with van der Waals surface area (Å²) in [5, 5.41) is 4.68. The van der Waals surface area contributed by atoms with Crippen LogP contribution in [-0.4, -0.2) is 27.2 Å². The molecular formula is C26H21NO7. The molecule has 2 aromatic heterocycles. The molecule has 0 saturated carbocycles. The molecule has 0 bridgehead atoms. The zero-order valence-electron chi connectivity index (χ0n) is 18.7. The normalized spacial score (nSPS) is 10.9. The summed E-state index contributed by atoms with van der Waals surface area (Å²) >= 11 is 0. The fourth-order valence-corrected chi connectivity index (χ4v) is 3.69. The van der Waals surface area contributed by atoms with Gasteiger partial charge in [0.1, 0.15) is 39.9 Å². The van der Waals surface area contributed by atoms with E-state index in [0.717, 1.165) is 21.9 Å². The van der Waals surface area contributed by atoms with Crippen LogP contribution in [0.15, 0.2) is 75.6 Å². The molecule has 0 aliphatic heterocycles. The molecular weight excluding hydrogens is 438 g/mol. The molecule has 0 aliphatic carbocycles. The number of fused-ring (bicyclic) bond motifs is 3. The largest absolute Gasteiger partial charge is 0.496 e. The SMILES string of the molecule is COc1cc(OC)c(NC(=O)c2ccc(Oc3ccc4oc5ccccc5c4c3)o2)c(OC)c1. The molecule has 0 spiro atoms. The van der Waals surface area contributed by atoms with E-state index in [1.165, 1.54) is 27.4 Å². The van der Waals surface area contributed by atoms with Gasteiger partial charge in [0.2, 0.25) is 0 Å². The van der Waals surface area contributed by atoms with Gasteiger partial charge in [-0.2, -0.15) is 0 Å². The van der Waals surface area contributed by atoms with Crippen molar-refractivity contribution in [2.24, 2.45) is 0 Å². The van der Waals surface area contributed by atoms with Crippen molar-refractivity contribution >= 4 is 33.5 Å². The fourth-order valence-electron chi connectivity index (χ4n) is 3.69. The van der Waals surface area contributed by atoms with E-state index in [0.29, 0.717) is 28.7 Å². The number of rotatable bonds is 7. The summed E-state index contributed by atoms with van der Waals surface area (Å²) in [6.45, 7) is 0. The monoisotopic (exact) mass is 459 g/mol. The maximum atomic E-state index is 12.8. The lowest BCUT2D eigenvalue weighted by atomic mass is 10.1. The van der Waals surface area contributed by atoms with Crippen molar-refractivity contribution in [3.05, 3.63) is 72.5 Å². The summed E-state index contributed by atoms with van der Waals surface area (Å²) < 4.78 is 33.3. The van der Waals surface area contributed by atoms with Gasteiger partial charge in [-0.1, -0.05) is 18.2 Å². The standard InChI is InChI=1S/C26H21NO7/c1-29-16-13-22(30-2)25(23(14-16)31-3)27-26(28)21-10-11-24(34-21)32-15-8-9-20-18(12-15)17-6-4-5-7-19(17)33-20/h4-14H,1-3H3,(H,27,28). The van der Waals surface area contributed by atoms with E-state index >= 15 is 0 Å². The molecule has 0 unspecified atom stereocenters. The molecule has 0 saturated heterocycles. The van der Waals surface area contributed by atoms with Gasteiger partial charge in [-0.3, -0.25) is 4.79 Å². The minimum absolute atomic E-state index is 0.0600. The van der Waals surface area contributed by atoms with Gasteiger partial charge in [0.05, 0.1) is 21.3 Å². The number of nitrogens with one attached hydrogen (secondary N) is 1. The first-order valence-electron chi connectivity index (χ1n) is 10.4. The van der Waals surface area contributed by atoms with Crippen LogP contribution in [-0.2, 0) is 0 Å². The zero-order valence-corrected chi connectivity index (χ0v) is 18.7. The Morgan fingerprint density at radius 2 is 1.47 bits per heavy atom. The number of ether oxygens (including phenoxy) is 4. The van der Waals surface area contributed by atoms with Crippen LogP contribution in [0.4, 0.5) is 5.69 Å². The Morgan fingerprint density at radius 3 is 2.21 bits per heavy atom. The van der Waals surface area contributed by atoms with E-state index in [-0.39, 0.29) is 11.7 Å².